The third-order valence-corrected chi connectivity index (χ3v) is 5.21. The minimum atomic E-state index is -1.98. The lowest BCUT2D eigenvalue weighted by atomic mass is 9.74. The Morgan fingerprint density at radius 3 is 1.52 bits per heavy atom. The van der Waals surface area contributed by atoms with E-state index in [0.29, 0.717) is 12.8 Å². The average molecular weight is 412 g/mol. The zero-order valence-electron chi connectivity index (χ0n) is 18.0. The van der Waals surface area contributed by atoms with E-state index < -0.39 is 47.0 Å². The fourth-order valence-electron chi connectivity index (χ4n) is 3.99. The van der Waals surface area contributed by atoms with E-state index in [9.17, 15) is 19.2 Å². The maximum absolute atomic E-state index is 13.1. The van der Waals surface area contributed by atoms with Gasteiger partial charge in [-0.3, -0.25) is 19.2 Å². The van der Waals surface area contributed by atoms with Crippen LogP contribution in [0.1, 0.15) is 53.9 Å². The topological polar surface area (TPSA) is 105 Å². The molecule has 0 saturated heterocycles. The standard InChI is InChI=1S/C21H32O8/c1-7-12-15-14(6)20(16(22)26-8-2,17(23)27-9-3)13-21(15,18(24)28-10-4)19(25)29-11-5/h15H,6-13H2,1-5H3. The van der Waals surface area contributed by atoms with Crippen molar-refractivity contribution >= 4 is 23.9 Å². The van der Waals surface area contributed by atoms with Crippen LogP contribution < -0.4 is 0 Å². The smallest absolute Gasteiger partial charge is 0.327 e. The Balaban J connectivity index is 3.76. The van der Waals surface area contributed by atoms with Gasteiger partial charge in [-0.1, -0.05) is 19.9 Å². The number of hydrogen-bond donors (Lipinski definition) is 0. The van der Waals surface area contributed by atoms with Gasteiger partial charge in [-0.15, -0.1) is 0 Å². The Morgan fingerprint density at radius 1 is 0.793 bits per heavy atom. The summed E-state index contributed by atoms with van der Waals surface area (Å²) in [6, 6.07) is 0. The van der Waals surface area contributed by atoms with E-state index in [0.717, 1.165) is 0 Å². The molecule has 1 aliphatic carbocycles. The van der Waals surface area contributed by atoms with E-state index in [1.807, 2.05) is 6.92 Å². The van der Waals surface area contributed by atoms with Crippen LogP contribution in [-0.2, 0) is 38.1 Å². The van der Waals surface area contributed by atoms with E-state index in [2.05, 4.69) is 6.58 Å². The molecule has 0 spiro atoms. The average Bonchev–Trinajstić information content (AvgIpc) is 2.94. The summed E-state index contributed by atoms with van der Waals surface area (Å²) in [5.74, 6) is -4.29. The molecule has 0 bridgehead atoms. The zero-order chi connectivity index (χ0) is 22.2. The molecule has 1 atom stereocenters. The molecule has 1 aliphatic rings. The quantitative estimate of drug-likeness (QED) is 0.233. The molecule has 0 aromatic rings. The molecule has 1 unspecified atom stereocenters. The normalized spacial score (nSPS) is 19.3. The SMILES string of the molecule is C=C1C(CCC)C(C(=O)OCC)(C(=O)OCC)CC1(C(=O)OCC)C(=O)OCC. The van der Waals surface area contributed by atoms with Crippen LogP contribution in [0.3, 0.4) is 0 Å². The van der Waals surface area contributed by atoms with E-state index in [1.54, 1.807) is 27.7 Å². The number of carbonyl (C=O) groups excluding carboxylic acids is 4. The molecule has 1 fully saturated rings. The highest BCUT2D eigenvalue weighted by molar-refractivity contribution is 6.10. The van der Waals surface area contributed by atoms with Gasteiger partial charge in [0, 0.05) is 12.3 Å². The molecular formula is C21H32O8. The highest BCUT2D eigenvalue weighted by Gasteiger charge is 2.72. The van der Waals surface area contributed by atoms with Crippen LogP contribution in [0.2, 0.25) is 0 Å². The molecule has 8 nitrogen and oxygen atoms in total. The van der Waals surface area contributed by atoms with Crippen molar-refractivity contribution in [2.24, 2.45) is 16.7 Å². The first kappa shape index (κ1) is 24.7. The summed E-state index contributed by atoms with van der Waals surface area (Å²) in [7, 11) is 0. The molecule has 0 aromatic carbocycles. The molecule has 0 heterocycles. The Kier molecular flexibility index (Phi) is 8.85. The van der Waals surface area contributed by atoms with Crippen molar-refractivity contribution in [2.75, 3.05) is 26.4 Å². The second kappa shape index (κ2) is 10.4. The minimum Gasteiger partial charge on any atom is -0.465 e. The molecule has 0 N–H and O–H groups in total. The fraction of sp³-hybridized carbons (Fsp3) is 0.714. The van der Waals surface area contributed by atoms with Crippen molar-refractivity contribution in [3.8, 4) is 0 Å². The Morgan fingerprint density at radius 2 is 1.17 bits per heavy atom. The fourth-order valence-corrected chi connectivity index (χ4v) is 3.99. The lowest BCUT2D eigenvalue weighted by Crippen LogP contribution is -2.47. The third kappa shape index (κ3) is 4.16. The number of esters is 4. The van der Waals surface area contributed by atoms with Gasteiger partial charge in [-0.25, -0.2) is 0 Å². The molecule has 8 heteroatoms. The Bertz CT molecular complexity index is 615. The van der Waals surface area contributed by atoms with Crippen molar-refractivity contribution in [3.05, 3.63) is 12.2 Å². The van der Waals surface area contributed by atoms with Gasteiger partial charge in [0.25, 0.3) is 0 Å². The maximum Gasteiger partial charge on any atom is 0.327 e. The first-order valence-corrected chi connectivity index (χ1v) is 10.1. The zero-order valence-corrected chi connectivity index (χ0v) is 18.0. The number of ether oxygens (including phenoxy) is 4. The molecule has 0 amide bonds. The van der Waals surface area contributed by atoms with E-state index in [4.69, 9.17) is 18.9 Å². The largest absolute Gasteiger partial charge is 0.465 e. The predicted molar refractivity (Wildman–Crippen MR) is 104 cm³/mol. The van der Waals surface area contributed by atoms with Crippen LogP contribution in [0.5, 0.6) is 0 Å². The molecule has 29 heavy (non-hydrogen) atoms. The molecule has 0 aromatic heterocycles. The first-order valence-electron chi connectivity index (χ1n) is 10.1. The summed E-state index contributed by atoms with van der Waals surface area (Å²) in [4.78, 5) is 52.2. The summed E-state index contributed by atoms with van der Waals surface area (Å²) in [5.41, 5.74) is -3.73. The highest BCUT2D eigenvalue weighted by Crippen LogP contribution is 2.60. The number of rotatable bonds is 10. The summed E-state index contributed by atoms with van der Waals surface area (Å²) in [6.07, 6.45) is 0.418. The van der Waals surface area contributed by atoms with E-state index in [-0.39, 0.29) is 32.0 Å². The van der Waals surface area contributed by atoms with Gasteiger partial charge < -0.3 is 18.9 Å². The van der Waals surface area contributed by atoms with Gasteiger partial charge in [0.1, 0.15) is 0 Å². The van der Waals surface area contributed by atoms with Crippen LogP contribution in [0.4, 0.5) is 0 Å². The highest BCUT2D eigenvalue weighted by atomic mass is 16.6. The predicted octanol–water partition coefficient (Wildman–Crippen LogP) is 2.59. The molecule has 0 radical (unpaired) electrons. The van der Waals surface area contributed by atoms with Gasteiger partial charge in [0.05, 0.1) is 26.4 Å². The molecule has 1 rings (SSSR count). The Labute approximate surface area is 171 Å². The van der Waals surface area contributed by atoms with Crippen molar-refractivity contribution in [1.29, 1.82) is 0 Å². The molecular weight excluding hydrogens is 380 g/mol. The molecule has 164 valence electrons. The van der Waals surface area contributed by atoms with Crippen molar-refractivity contribution < 1.29 is 38.1 Å². The second-order valence-electron chi connectivity index (χ2n) is 6.80. The molecule has 0 aliphatic heterocycles. The lowest BCUT2D eigenvalue weighted by molar-refractivity contribution is -0.178. The summed E-state index contributed by atoms with van der Waals surface area (Å²) in [5, 5.41) is 0. The monoisotopic (exact) mass is 412 g/mol. The van der Waals surface area contributed by atoms with Crippen molar-refractivity contribution in [1.82, 2.24) is 0 Å². The van der Waals surface area contributed by atoms with Crippen LogP contribution in [0.25, 0.3) is 0 Å². The first-order chi connectivity index (χ1) is 13.7. The van der Waals surface area contributed by atoms with Crippen LogP contribution in [-0.4, -0.2) is 50.3 Å². The van der Waals surface area contributed by atoms with Gasteiger partial charge in [0.2, 0.25) is 0 Å². The lowest BCUT2D eigenvalue weighted by Gasteiger charge is -2.30. The van der Waals surface area contributed by atoms with Crippen LogP contribution in [0.15, 0.2) is 12.2 Å². The number of carbonyl (C=O) groups is 4. The van der Waals surface area contributed by atoms with Crippen LogP contribution in [0, 0.1) is 16.7 Å². The number of hydrogen-bond acceptors (Lipinski definition) is 8. The van der Waals surface area contributed by atoms with Gasteiger partial charge >= 0.3 is 23.9 Å². The van der Waals surface area contributed by atoms with Gasteiger partial charge in [-0.2, -0.15) is 0 Å². The second-order valence-corrected chi connectivity index (χ2v) is 6.80. The van der Waals surface area contributed by atoms with Gasteiger partial charge in [0.15, 0.2) is 10.8 Å². The van der Waals surface area contributed by atoms with Crippen LogP contribution >= 0.6 is 0 Å². The van der Waals surface area contributed by atoms with Crippen molar-refractivity contribution in [2.45, 2.75) is 53.9 Å². The Hall–Kier alpha value is -2.38. The van der Waals surface area contributed by atoms with Gasteiger partial charge in [-0.05, 0) is 39.7 Å². The minimum absolute atomic E-state index is 0.0114. The summed E-state index contributed by atoms with van der Waals surface area (Å²) in [6.45, 7) is 12.3. The van der Waals surface area contributed by atoms with E-state index >= 15 is 0 Å². The van der Waals surface area contributed by atoms with E-state index in [1.165, 1.54) is 0 Å². The maximum atomic E-state index is 13.1. The van der Waals surface area contributed by atoms with Crippen molar-refractivity contribution in [3.63, 3.8) is 0 Å². The molecule has 1 saturated carbocycles. The third-order valence-electron chi connectivity index (χ3n) is 5.21. The summed E-state index contributed by atoms with van der Waals surface area (Å²) < 4.78 is 20.7. The summed E-state index contributed by atoms with van der Waals surface area (Å²) >= 11 is 0.